The van der Waals surface area contributed by atoms with Gasteiger partial charge in [-0.25, -0.2) is 4.98 Å². The highest BCUT2D eigenvalue weighted by Crippen LogP contribution is 2.54. The number of Topliss-reactive ketones (excluding diaryl/α,β-unsaturated/α-hetero) is 1. The van der Waals surface area contributed by atoms with Crippen molar-refractivity contribution < 1.29 is 14.3 Å². The standard InChI is InChI=1S/C25H30Cl2N2O3/c1-2-3-10-25(18-7-4-5-8-18)15-17-14-19(22(26)23(27)21(17)24(25)31)32-13-6-9-20(30)29-12-11-28-16-29/h11-12,14,16,18H,2-10,13,15H2,1H3. The van der Waals surface area contributed by atoms with Crippen molar-refractivity contribution in [2.24, 2.45) is 11.3 Å². The van der Waals surface area contributed by atoms with Crippen molar-refractivity contribution in [1.29, 1.82) is 0 Å². The molecule has 0 bridgehead atoms. The minimum absolute atomic E-state index is 0.0351. The number of benzene rings is 1. The SMILES string of the molecule is CCCCC1(C2CCCC2)Cc2cc(OCCCC(=O)n3ccnc3)c(Cl)c(Cl)c2C1=O. The Hall–Kier alpha value is -1.85. The number of rotatable bonds is 9. The number of ether oxygens (including phenoxy) is 1. The lowest BCUT2D eigenvalue weighted by Gasteiger charge is -2.34. The van der Waals surface area contributed by atoms with Gasteiger partial charge in [0.2, 0.25) is 5.91 Å². The van der Waals surface area contributed by atoms with E-state index in [4.69, 9.17) is 27.9 Å². The predicted octanol–water partition coefficient (Wildman–Crippen LogP) is 6.79. The second-order valence-electron chi connectivity index (χ2n) is 9.10. The molecular weight excluding hydrogens is 447 g/mol. The summed E-state index contributed by atoms with van der Waals surface area (Å²) < 4.78 is 7.38. The minimum Gasteiger partial charge on any atom is -0.492 e. The summed E-state index contributed by atoms with van der Waals surface area (Å²) in [5.41, 5.74) is 1.21. The number of imidazole rings is 1. The summed E-state index contributed by atoms with van der Waals surface area (Å²) in [5.74, 6) is 1.06. The van der Waals surface area contributed by atoms with Crippen molar-refractivity contribution in [3.63, 3.8) is 0 Å². The molecule has 0 radical (unpaired) electrons. The van der Waals surface area contributed by atoms with E-state index in [-0.39, 0.29) is 22.1 Å². The Morgan fingerprint density at radius 3 is 2.72 bits per heavy atom. The zero-order valence-corrected chi connectivity index (χ0v) is 20.1. The number of carbonyl (C=O) groups is 2. The smallest absolute Gasteiger partial charge is 0.231 e. The van der Waals surface area contributed by atoms with Gasteiger partial charge in [-0.15, -0.1) is 0 Å². The average molecular weight is 477 g/mol. The molecule has 1 heterocycles. The summed E-state index contributed by atoms with van der Waals surface area (Å²) >= 11 is 13.2. The fourth-order valence-corrected chi connectivity index (χ4v) is 5.96. The lowest BCUT2D eigenvalue weighted by molar-refractivity contribution is 0.0671. The van der Waals surface area contributed by atoms with Crippen LogP contribution in [0.2, 0.25) is 10.0 Å². The zero-order valence-electron chi connectivity index (χ0n) is 18.5. The Kier molecular flexibility index (Phi) is 7.26. The summed E-state index contributed by atoms with van der Waals surface area (Å²) in [7, 11) is 0. The molecule has 0 spiro atoms. The van der Waals surface area contributed by atoms with E-state index in [1.807, 2.05) is 6.07 Å². The van der Waals surface area contributed by atoms with Crippen LogP contribution in [0.4, 0.5) is 0 Å². The van der Waals surface area contributed by atoms with Crippen LogP contribution < -0.4 is 4.74 Å². The molecular formula is C25H30Cl2N2O3. The Labute approximate surface area is 199 Å². The zero-order chi connectivity index (χ0) is 22.7. The number of carbonyl (C=O) groups excluding carboxylic acids is 2. The molecule has 1 saturated carbocycles. The Balaban J connectivity index is 1.49. The number of hydrogen-bond acceptors (Lipinski definition) is 4. The van der Waals surface area contributed by atoms with Gasteiger partial charge in [-0.2, -0.15) is 0 Å². The van der Waals surface area contributed by atoms with Crippen LogP contribution in [0.1, 0.15) is 85.4 Å². The molecule has 1 aromatic heterocycles. The van der Waals surface area contributed by atoms with E-state index in [0.29, 0.717) is 41.7 Å². The van der Waals surface area contributed by atoms with E-state index in [0.717, 1.165) is 44.1 Å². The third kappa shape index (κ3) is 4.34. The highest BCUT2D eigenvalue weighted by Gasteiger charge is 2.51. The van der Waals surface area contributed by atoms with Crippen LogP contribution in [0, 0.1) is 11.3 Å². The quantitative estimate of drug-likeness (QED) is 0.373. The van der Waals surface area contributed by atoms with Gasteiger partial charge in [0.15, 0.2) is 5.78 Å². The number of fused-ring (bicyclic) bond motifs is 1. The molecule has 1 fully saturated rings. The van der Waals surface area contributed by atoms with Crippen LogP contribution in [0.15, 0.2) is 24.8 Å². The highest BCUT2D eigenvalue weighted by molar-refractivity contribution is 6.45. The number of hydrogen-bond donors (Lipinski definition) is 0. The van der Waals surface area contributed by atoms with E-state index in [9.17, 15) is 9.59 Å². The van der Waals surface area contributed by atoms with E-state index in [2.05, 4.69) is 11.9 Å². The summed E-state index contributed by atoms with van der Waals surface area (Å²) in [4.78, 5) is 29.7. The van der Waals surface area contributed by atoms with Crippen LogP contribution in [-0.4, -0.2) is 27.8 Å². The van der Waals surface area contributed by atoms with Gasteiger partial charge in [0.05, 0.1) is 11.6 Å². The van der Waals surface area contributed by atoms with Crippen molar-refractivity contribution in [2.45, 2.75) is 71.1 Å². The molecule has 5 nitrogen and oxygen atoms in total. The van der Waals surface area contributed by atoms with Crippen LogP contribution in [0.3, 0.4) is 0 Å². The van der Waals surface area contributed by atoms with Gasteiger partial charge in [0, 0.05) is 29.8 Å². The molecule has 0 aliphatic heterocycles. The second kappa shape index (κ2) is 9.96. The maximum Gasteiger partial charge on any atom is 0.231 e. The van der Waals surface area contributed by atoms with Crippen LogP contribution in [0.5, 0.6) is 5.75 Å². The van der Waals surface area contributed by atoms with Gasteiger partial charge < -0.3 is 4.74 Å². The maximum absolute atomic E-state index is 13.7. The molecule has 172 valence electrons. The average Bonchev–Trinajstić information content (AvgIpc) is 3.54. The summed E-state index contributed by atoms with van der Waals surface area (Å²) in [6.45, 7) is 2.51. The van der Waals surface area contributed by atoms with Crippen LogP contribution in [0.25, 0.3) is 0 Å². The van der Waals surface area contributed by atoms with E-state index in [1.54, 1.807) is 12.4 Å². The maximum atomic E-state index is 13.7. The number of aromatic nitrogens is 2. The molecule has 0 amide bonds. The van der Waals surface area contributed by atoms with E-state index in [1.165, 1.54) is 23.7 Å². The first-order chi connectivity index (χ1) is 15.5. The minimum atomic E-state index is -0.350. The molecule has 1 atom stereocenters. The van der Waals surface area contributed by atoms with Gasteiger partial charge in [0.1, 0.15) is 17.1 Å². The molecule has 1 aromatic carbocycles. The first kappa shape index (κ1) is 23.3. The Morgan fingerprint density at radius 1 is 1.25 bits per heavy atom. The van der Waals surface area contributed by atoms with Crippen LogP contribution in [-0.2, 0) is 6.42 Å². The number of halogens is 2. The topological polar surface area (TPSA) is 61.2 Å². The fourth-order valence-electron chi connectivity index (χ4n) is 5.46. The lowest BCUT2D eigenvalue weighted by Crippen LogP contribution is -2.35. The first-order valence-corrected chi connectivity index (χ1v) is 12.4. The number of ketones is 1. The van der Waals surface area contributed by atoms with Crippen molar-refractivity contribution in [2.75, 3.05) is 6.61 Å². The molecule has 2 aliphatic rings. The van der Waals surface area contributed by atoms with Gasteiger partial charge in [0.25, 0.3) is 0 Å². The lowest BCUT2D eigenvalue weighted by atomic mass is 9.68. The summed E-state index contributed by atoms with van der Waals surface area (Å²) in [6.07, 6.45) is 13.9. The summed E-state index contributed by atoms with van der Waals surface area (Å²) in [5, 5.41) is 0.604. The van der Waals surface area contributed by atoms with Gasteiger partial charge in [-0.05, 0) is 49.7 Å². The third-order valence-corrected chi connectivity index (χ3v) is 7.99. The molecule has 7 heteroatoms. The van der Waals surface area contributed by atoms with Crippen molar-refractivity contribution >= 4 is 34.9 Å². The van der Waals surface area contributed by atoms with Crippen molar-refractivity contribution in [3.05, 3.63) is 46.0 Å². The predicted molar refractivity (Wildman–Crippen MR) is 126 cm³/mol. The van der Waals surface area contributed by atoms with Crippen molar-refractivity contribution in [3.8, 4) is 5.75 Å². The van der Waals surface area contributed by atoms with Crippen LogP contribution >= 0.6 is 23.2 Å². The first-order valence-electron chi connectivity index (χ1n) is 11.7. The molecule has 32 heavy (non-hydrogen) atoms. The highest BCUT2D eigenvalue weighted by atomic mass is 35.5. The molecule has 2 aromatic rings. The third-order valence-electron chi connectivity index (χ3n) is 7.14. The number of unbranched alkanes of at least 4 members (excludes halogenated alkanes) is 1. The Morgan fingerprint density at radius 2 is 2.03 bits per heavy atom. The van der Waals surface area contributed by atoms with E-state index >= 15 is 0 Å². The van der Waals surface area contributed by atoms with Crippen molar-refractivity contribution in [1.82, 2.24) is 9.55 Å². The molecule has 0 saturated heterocycles. The molecule has 2 aliphatic carbocycles. The van der Waals surface area contributed by atoms with E-state index < -0.39 is 0 Å². The molecule has 0 N–H and O–H groups in total. The molecule has 4 rings (SSSR count). The monoisotopic (exact) mass is 476 g/mol. The normalized spacial score (nSPS) is 20.7. The largest absolute Gasteiger partial charge is 0.492 e. The molecule has 1 unspecified atom stereocenters. The Bertz CT molecular complexity index is 984. The summed E-state index contributed by atoms with van der Waals surface area (Å²) in [6, 6.07) is 1.90. The van der Waals surface area contributed by atoms with Gasteiger partial charge in [-0.1, -0.05) is 55.8 Å². The van der Waals surface area contributed by atoms with Gasteiger partial charge in [-0.3, -0.25) is 14.2 Å². The number of nitrogens with zero attached hydrogens (tertiary/aromatic N) is 2. The fraction of sp³-hybridized carbons (Fsp3) is 0.560. The second-order valence-corrected chi connectivity index (χ2v) is 9.86. The van der Waals surface area contributed by atoms with Gasteiger partial charge >= 0.3 is 0 Å².